The summed E-state index contributed by atoms with van der Waals surface area (Å²) in [5, 5.41) is 4.66. The normalized spacial score (nSPS) is 21.0. The van der Waals surface area contributed by atoms with Gasteiger partial charge in [-0.05, 0) is 80.1 Å². The SMILES string of the molecule is COc1ccc(C(=O)N2CCC(C)(C)c3cc(C4=NN(C(=O)OC5CCN(C)CC5)C(=O)SC4C)ccc32)cc1OC. The molecule has 2 aromatic rings. The Labute approximate surface area is 250 Å². The van der Waals surface area contributed by atoms with E-state index in [0.29, 0.717) is 29.3 Å². The molecule has 0 bridgehead atoms. The predicted molar refractivity (Wildman–Crippen MR) is 163 cm³/mol. The summed E-state index contributed by atoms with van der Waals surface area (Å²) in [5.41, 5.74) is 3.52. The minimum atomic E-state index is -0.739. The first-order valence-corrected chi connectivity index (χ1v) is 15.1. The molecule has 224 valence electrons. The number of carbonyl (C=O) groups is 3. The van der Waals surface area contributed by atoms with E-state index in [0.717, 1.165) is 65.9 Å². The number of fused-ring (bicyclic) bond motifs is 1. The summed E-state index contributed by atoms with van der Waals surface area (Å²) in [4.78, 5) is 43.5. The van der Waals surface area contributed by atoms with Crippen LogP contribution in [-0.2, 0) is 10.2 Å². The van der Waals surface area contributed by atoms with Crippen LogP contribution in [-0.4, -0.2) is 85.1 Å². The summed E-state index contributed by atoms with van der Waals surface area (Å²) in [6, 6.07) is 11.0. The molecule has 1 saturated heterocycles. The van der Waals surface area contributed by atoms with Crippen LogP contribution in [0.2, 0.25) is 0 Å². The summed E-state index contributed by atoms with van der Waals surface area (Å²) in [7, 11) is 5.14. The van der Waals surface area contributed by atoms with Crippen molar-refractivity contribution in [3.8, 4) is 11.5 Å². The number of anilines is 1. The molecule has 0 N–H and O–H groups in total. The quantitative estimate of drug-likeness (QED) is 0.446. The zero-order valence-electron chi connectivity index (χ0n) is 25.0. The molecular formula is C31H38N4O6S. The number of rotatable bonds is 5. The molecule has 3 amide bonds. The zero-order chi connectivity index (χ0) is 30.2. The number of carbonyl (C=O) groups excluding carboxylic acids is 3. The lowest BCUT2D eigenvalue weighted by molar-refractivity contribution is 0.0413. The van der Waals surface area contributed by atoms with Gasteiger partial charge in [-0.25, -0.2) is 4.79 Å². The number of imide groups is 1. The Morgan fingerprint density at radius 2 is 1.71 bits per heavy atom. The van der Waals surface area contributed by atoms with Crippen molar-refractivity contribution < 1.29 is 28.6 Å². The van der Waals surface area contributed by atoms with Crippen LogP contribution in [0, 0.1) is 0 Å². The number of nitrogens with zero attached hydrogens (tertiary/aromatic N) is 4. The predicted octanol–water partition coefficient (Wildman–Crippen LogP) is 5.52. The van der Waals surface area contributed by atoms with Crippen LogP contribution >= 0.6 is 11.8 Å². The fourth-order valence-corrected chi connectivity index (χ4v) is 6.46. The molecule has 1 unspecified atom stereocenters. The minimum Gasteiger partial charge on any atom is -0.493 e. The van der Waals surface area contributed by atoms with E-state index in [9.17, 15) is 14.4 Å². The van der Waals surface area contributed by atoms with Gasteiger partial charge >= 0.3 is 11.3 Å². The number of benzene rings is 2. The zero-order valence-corrected chi connectivity index (χ0v) is 25.8. The fourth-order valence-electron chi connectivity index (χ4n) is 5.65. The highest BCUT2D eigenvalue weighted by Crippen LogP contribution is 2.42. The van der Waals surface area contributed by atoms with Crippen LogP contribution in [0.5, 0.6) is 11.5 Å². The second-order valence-electron chi connectivity index (χ2n) is 11.6. The van der Waals surface area contributed by atoms with Crippen LogP contribution in [0.4, 0.5) is 15.3 Å². The summed E-state index contributed by atoms with van der Waals surface area (Å²) in [6.45, 7) is 8.45. The molecule has 0 radical (unpaired) electrons. The van der Waals surface area contributed by atoms with Gasteiger partial charge in [0.05, 0.1) is 25.2 Å². The van der Waals surface area contributed by atoms with Crippen LogP contribution in [0.1, 0.15) is 61.5 Å². The highest BCUT2D eigenvalue weighted by atomic mass is 32.2. The number of ether oxygens (including phenoxy) is 3. The maximum atomic E-state index is 13.7. The maximum Gasteiger partial charge on any atom is 0.438 e. The molecule has 0 spiro atoms. The van der Waals surface area contributed by atoms with Crippen LogP contribution in [0.15, 0.2) is 41.5 Å². The van der Waals surface area contributed by atoms with Crippen molar-refractivity contribution >= 4 is 40.4 Å². The number of hydrogen-bond acceptors (Lipinski definition) is 9. The van der Waals surface area contributed by atoms with Crippen molar-refractivity contribution in [2.45, 2.75) is 56.8 Å². The molecule has 0 saturated carbocycles. The lowest BCUT2D eigenvalue weighted by Gasteiger charge is -2.39. The maximum absolute atomic E-state index is 13.7. The van der Waals surface area contributed by atoms with E-state index < -0.39 is 11.3 Å². The van der Waals surface area contributed by atoms with Crippen molar-refractivity contribution in [3.05, 3.63) is 53.1 Å². The number of thioether (sulfide) groups is 1. The Kier molecular flexibility index (Phi) is 8.52. The number of methoxy groups -OCH3 is 2. The number of likely N-dealkylation sites (tertiary alicyclic amines) is 1. The van der Waals surface area contributed by atoms with Crippen LogP contribution in [0.3, 0.4) is 0 Å². The molecule has 2 aromatic carbocycles. The van der Waals surface area contributed by atoms with Gasteiger partial charge in [-0.2, -0.15) is 5.10 Å². The van der Waals surface area contributed by atoms with E-state index in [1.165, 1.54) is 0 Å². The first-order chi connectivity index (χ1) is 20.0. The molecular weight excluding hydrogens is 556 g/mol. The molecule has 10 nitrogen and oxygen atoms in total. The van der Waals surface area contributed by atoms with E-state index in [1.54, 1.807) is 37.3 Å². The van der Waals surface area contributed by atoms with Crippen molar-refractivity contribution in [3.63, 3.8) is 0 Å². The molecule has 3 aliphatic heterocycles. The Bertz CT molecular complexity index is 1420. The Morgan fingerprint density at radius 3 is 2.40 bits per heavy atom. The summed E-state index contributed by atoms with van der Waals surface area (Å²) in [5.74, 6) is 0.918. The van der Waals surface area contributed by atoms with Gasteiger partial charge in [0, 0.05) is 30.9 Å². The second-order valence-corrected chi connectivity index (χ2v) is 12.9. The van der Waals surface area contributed by atoms with Gasteiger partial charge in [-0.1, -0.05) is 31.7 Å². The third-order valence-electron chi connectivity index (χ3n) is 8.30. The van der Waals surface area contributed by atoms with E-state index in [-0.39, 0.29) is 22.7 Å². The molecule has 5 rings (SSSR count). The largest absolute Gasteiger partial charge is 0.493 e. The summed E-state index contributed by atoms with van der Waals surface area (Å²) in [6.07, 6.45) is 1.23. The van der Waals surface area contributed by atoms with E-state index in [2.05, 4.69) is 23.8 Å². The molecule has 11 heteroatoms. The van der Waals surface area contributed by atoms with Crippen molar-refractivity contribution in [1.29, 1.82) is 0 Å². The Morgan fingerprint density at radius 1 is 1.00 bits per heavy atom. The third-order valence-corrected chi connectivity index (χ3v) is 9.25. The first-order valence-electron chi connectivity index (χ1n) is 14.2. The summed E-state index contributed by atoms with van der Waals surface area (Å²) < 4.78 is 16.4. The van der Waals surface area contributed by atoms with Gasteiger partial charge in [0.1, 0.15) is 6.10 Å². The van der Waals surface area contributed by atoms with Crippen LogP contribution < -0.4 is 14.4 Å². The first kappa shape index (κ1) is 29.9. The van der Waals surface area contributed by atoms with Gasteiger partial charge in [-0.3, -0.25) is 9.59 Å². The van der Waals surface area contributed by atoms with Crippen molar-refractivity contribution in [2.75, 3.05) is 45.8 Å². The monoisotopic (exact) mass is 594 g/mol. The highest BCUT2D eigenvalue weighted by Gasteiger charge is 2.38. The topological polar surface area (TPSA) is 101 Å². The number of hydrogen-bond donors (Lipinski definition) is 0. The van der Waals surface area contributed by atoms with Crippen LogP contribution in [0.25, 0.3) is 0 Å². The molecule has 42 heavy (non-hydrogen) atoms. The average molecular weight is 595 g/mol. The third kappa shape index (κ3) is 5.85. The lowest BCUT2D eigenvalue weighted by Crippen LogP contribution is -2.42. The molecule has 1 fully saturated rings. The molecule has 3 heterocycles. The van der Waals surface area contributed by atoms with Crippen molar-refractivity contribution in [2.24, 2.45) is 5.10 Å². The van der Waals surface area contributed by atoms with E-state index in [1.807, 2.05) is 32.2 Å². The van der Waals surface area contributed by atoms with E-state index in [4.69, 9.17) is 14.2 Å². The van der Waals surface area contributed by atoms with Gasteiger partial charge in [-0.15, -0.1) is 5.01 Å². The van der Waals surface area contributed by atoms with Gasteiger partial charge < -0.3 is 24.0 Å². The fraction of sp³-hybridized carbons (Fsp3) is 0.484. The lowest BCUT2D eigenvalue weighted by atomic mass is 9.76. The standard InChI is InChI=1S/C31H38N4O6S/c1-19-27(32-35(30(38)42-19)29(37)41-22-11-14-33(4)15-12-22)20-7-9-24-23(17-20)31(2,3)13-16-34(24)28(36)21-8-10-25(39-5)26(18-21)40-6/h7-10,17-19,22H,11-16H2,1-6H3. The Hall–Kier alpha value is -3.57. The molecule has 0 aliphatic carbocycles. The highest BCUT2D eigenvalue weighted by molar-refractivity contribution is 8.14. The number of amides is 3. The number of hydrazone groups is 1. The minimum absolute atomic E-state index is 0.132. The molecule has 0 aromatic heterocycles. The second kappa shape index (κ2) is 12.0. The van der Waals surface area contributed by atoms with E-state index >= 15 is 0 Å². The smallest absolute Gasteiger partial charge is 0.438 e. The number of piperidine rings is 1. The van der Waals surface area contributed by atoms with Gasteiger partial charge in [0.15, 0.2) is 11.5 Å². The molecule has 3 aliphatic rings. The van der Waals surface area contributed by atoms with Gasteiger partial charge in [0.25, 0.3) is 5.91 Å². The van der Waals surface area contributed by atoms with Gasteiger partial charge in [0.2, 0.25) is 0 Å². The molecule has 1 atom stereocenters. The Balaban J connectivity index is 1.44. The summed E-state index contributed by atoms with van der Waals surface area (Å²) >= 11 is 1.05. The average Bonchev–Trinajstić information content (AvgIpc) is 2.97. The van der Waals surface area contributed by atoms with Crippen molar-refractivity contribution in [1.82, 2.24) is 9.91 Å².